The van der Waals surface area contributed by atoms with E-state index in [4.69, 9.17) is 4.74 Å². The number of amides is 3. The van der Waals surface area contributed by atoms with Crippen LogP contribution in [0.5, 0.6) is 0 Å². The predicted octanol–water partition coefficient (Wildman–Crippen LogP) is 0.790. The second-order valence-electron chi connectivity index (χ2n) is 6.34. The maximum atomic E-state index is 12.1. The number of imide groups is 1. The van der Waals surface area contributed by atoms with Crippen LogP contribution in [-0.4, -0.2) is 51.8 Å². The fourth-order valence-electron chi connectivity index (χ4n) is 2.89. The Morgan fingerprint density at radius 1 is 1.30 bits per heavy atom. The lowest BCUT2D eigenvalue weighted by molar-refractivity contribution is -0.123. The van der Waals surface area contributed by atoms with Gasteiger partial charge in [0.05, 0.1) is 17.5 Å². The number of fused-ring (bicyclic) bond motifs is 1. The van der Waals surface area contributed by atoms with Crippen molar-refractivity contribution < 1.29 is 27.5 Å². The average molecular weight is 397 g/mol. The van der Waals surface area contributed by atoms with Crippen LogP contribution in [0, 0.1) is 0 Å². The molecule has 3 amide bonds. The first kappa shape index (κ1) is 20.7. The molecule has 2 rings (SSSR count). The number of nitrogens with one attached hydrogen (secondary N) is 2. The third kappa shape index (κ3) is 5.19. The van der Waals surface area contributed by atoms with Crippen LogP contribution in [0.1, 0.15) is 36.2 Å². The lowest BCUT2D eigenvalue weighted by Crippen LogP contribution is -2.41. The van der Waals surface area contributed by atoms with Gasteiger partial charge in [-0.05, 0) is 43.5 Å². The van der Waals surface area contributed by atoms with Crippen molar-refractivity contribution in [2.24, 2.45) is 0 Å². The second-order valence-corrected chi connectivity index (χ2v) is 8.20. The Kier molecular flexibility index (Phi) is 6.42. The molecule has 10 heteroatoms. The van der Waals surface area contributed by atoms with Gasteiger partial charge in [0.2, 0.25) is 10.0 Å². The van der Waals surface area contributed by atoms with Crippen molar-refractivity contribution in [3.8, 4) is 0 Å². The van der Waals surface area contributed by atoms with Crippen LogP contribution < -0.4 is 14.9 Å². The third-order valence-corrected chi connectivity index (χ3v) is 5.22. The molecule has 1 aromatic rings. The van der Waals surface area contributed by atoms with Crippen molar-refractivity contribution in [1.29, 1.82) is 0 Å². The molecule has 0 saturated heterocycles. The Hall–Kier alpha value is -2.62. The molecule has 0 aliphatic carbocycles. The Balaban J connectivity index is 1.98. The standard InChI is InChI=1S/C17H23N3O6S/c1-4-7-18-17(23)19-15(21)10-26-16(22)12-5-6-14-13(9-12)8-11(2)20(14)27(3,24)25/h5-6,9,11H,4,7-8,10H2,1-3H3,(H2,18,19,21,23). The molecule has 1 unspecified atom stereocenters. The number of carbonyl (C=O) groups is 3. The van der Waals surface area contributed by atoms with Gasteiger partial charge in [0, 0.05) is 12.6 Å². The Labute approximate surface area is 158 Å². The lowest BCUT2D eigenvalue weighted by Gasteiger charge is -2.21. The van der Waals surface area contributed by atoms with E-state index in [1.165, 1.54) is 10.4 Å². The SMILES string of the molecule is CCCNC(=O)NC(=O)COC(=O)c1ccc2c(c1)CC(C)N2S(C)(=O)=O. The minimum atomic E-state index is -3.41. The van der Waals surface area contributed by atoms with Gasteiger partial charge in [-0.1, -0.05) is 6.92 Å². The fraction of sp³-hybridized carbons (Fsp3) is 0.471. The Morgan fingerprint density at radius 3 is 2.63 bits per heavy atom. The summed E-state index contributed by atoms with van der Waals surface area (Å²) in [4.78, 5) is 35.1. The van der Waals surface area contributed by atoms with E-state index < -0.39 is 34.5 Å². The topological polar surface area (TPSA) is 122 Å². The van der Waals surface area contributed by atoms with Crippen LogP contribution in [0.25, 0.3) is 0 Å². The number of esters is 1. The first-order valence-electron chi connectivity index (χ1n) is 8.50. The third-order valence-electron chi connectivity index (χ3n) is 3.95. The van der Waals surface area contributed by atoms with Crippen LogP contribution >= 0.6 is 0 Å². The zero-order chi connectivity index (χ0) is 20.2. The number of carbonyl (C=O) groups excluding carboxylic acids is 3. The molecule has 0 fully saturated rings. The number of nitrogens with zero attached hydrogens (tertiary/aromatic N) is 1. The summed E-state index contributed by atoms with van der Waals surface area (Å²) >= 11 is 0. The molecule has 1 aliphatic rings. The summed E-state index contributed by atoms with van der Waals surface area (Å²) in [6.45, 7) is 3.49. The van der Waals surface area contributed by atoms with Crippen molar-refractivity contribution in [2.45, 2.75) is 32.7 Å². The minimum Gasteiger partial charge on any atom is -0.452 e. The van der Waals surface area contributed by atoms with E-state index in [1.807, 2.05) is 6.92 Å². The van der Waals surface area contributed by atoms with Crippen molar-refractivity contribution in [2.75, 3.05) is 23.7 Å². The van der Waals surface area contributed by atoms with Crippen molar-refractivity contribution in [1.82, 2.24) is 10.6 Å². The van der Waals surface area contributed by atoms with E-state index in [9.17, 15) is 22.8 Å². The van der Waals surface area contributed by atoms with Gasteiger partial charge in [-0.2, -0.15) is 0 Å². The van der Waals surface area contributed by atoms with E-state index in [-0.39, 0.29) is 11.6 Å². The average Bonchev–Trinajstić information content (AvgIpc) is 2.92. The van der Waals surface area contributed by atoms with Gasteiger partial charge in [-0.3, -0.25) is 14.4 Å². The lowest BCUT2D eigenvalue weighted by atomic mass is 10.1. The van der Waals surface area contributed by atoms with Crippen molar-refractivity contribution >= 4 is 33.6 Å². The molecular formula is C17H23N3O6S. The number of sulfonamides is 1. The van der Waals surface area contributed by atoms with Crippen LogP contribution in [0.3, 0.4) is 0 Å². The smallest absolute Gasteiger partial charge is 0.338 e. The molecule has 0 spiro atoms. The molecule has 1 heterocycles. The molecule has 0 aromatic heterocycles. The summed E-state index contributed by atoms with van der Waals surface area (Å²) in [7, 11) is -3.41. The number of ether oxygens (including phenoxy) is 1. The van der Waals surface area contributed by atoms with Gasteiger partial charge in [0.25, 0.3) is 5.91 Å². The summed E-state index contributed by atoms with van der Waals surface area (Å²) in [6.07, 6.45) is 2.34. The maximum absolute atomic E-state index is 12.1. The van der Waals surface area contributed by atoms with Crippen molar-refractivity contribution in [3.05, 3.63) is 29.3 Å². The monoisotopic (exact) mass is 397 g/mol. The molecule has 148 valence electrons. The summed E-state index contributed by atoms with van der Waals surface area (Å²) in [5.41, 5.74) is 1.46. The Morgan fingerprint density at radius 2 is 2.00 bits per heavy atom. The van der Waals surface area contributed by atoms with E-state index in [0.717, 1.165) is 12.7 Å². The van der Waals surface area contributed by atoms with Crippen LogP contribution in [-0.2, 0) is 26.0 Å². The fourth-order valence-corrected chi connectivity index (χ4v) is 4.16. The summed E-state index contributed by atoms with van der Waals surface area (Å²) < 4.78 is 30.1. The van der Waals surface area contributed by atoms with Gasteiger partial charge in [0.15, 0.2) is 6.61 Å². The maximum Gasteiger partial charge on any atom is 0.338 e. The van der Waals surface area contributed by atoms with Crippen LogP contribution in [0.4, 0.5) is 10.5 Å². The van der Waals surface area contributed by atoms with Crippen LogP contribution in [0.2, 0.25) is 0 Å². The summed E-state index contributed by atoms with van der Waals surface area (Å²) in [5.74, 6) is -1.47. The first-order valence-corrected chi connectivity index (χ1v) is 10.4. The molecule has 1 atom stereocenters. The molecule has 9 nitrogen and oxygen atoms in total. The first-order chi connectivity index (χ1) is 12.6. The zero-order valence-corrected chi connectivity index (χ0v) is 16.3. The predicted molar refractivity (Wildman–Crippen MR) is 99.0 cm³/mol. The molecule has 27 heavy (non-hydrogen) atoms. The van der Waals surface area contributed by atoms with E-state index in [2.05, 4.69) is 10.6 Å². The highest BCUT2D eigenvalue weighted by atomic mass is 32.2. The summed E-state index contributed by atoms with van der Waals surface area (Å²) in [5, 5.41) is 4.52. The van der Waals surface area contributed by atoms with Gasteiger partial charge in [0.1, 0.15) is 0 Å². The van der Waals surface area contributed by atoms with E-state index in [1.54, 1.807) is 19.1 Å². The highest BCUT2D eigenvalue weighted by Gasteiger charge is 2.32. The molecule has 2 N–H and O–H groups in total. The van der Waals surface area contributed by atoms with Gasteiger partial charge >= 0.3 is 12.0 Å². The minimum absolute atomic E-state index is 0.208. The summed E-state index contributed by atoms with van der Waals surface area (Å²) in [6, 6.07) is 3.67. The number of rotatable bonds is 6. The van der Waals surface area contributed by atoms with E-state index >= 15 is 0 Å². The molecule has 0 radical (unpaired) electrons. The molecular weight excluding hydrogens is 374 g/mol. The normalized spacial score (nSPS) is 15.8. The molecule has 1 aliphatic heterocycles. The zero-order valence-electron chi connectivity index (χ0n) is 15.4. The highest BCUT2D eigenvalue weighted by molar-refractivity contribution is 7.92. The number of urea groups is 1. The van der Waals surface area contributed by atoms with E-state index in [0.29, 0.717) is 24.2 Å². The number of hydrogen-bond acceptors (Lipinski definition) is 6. The Bertz CT molecular complexity index is 852. The molecule has 0 saturated carbocycles. The molecule has 1 aromatic carbocycles. The quantitative estimate of drug-likeness (QED) is 0.685. The van der Waals surface area contributed by atoms with Crippen molar-refractivity contribution in [3.63, 3.8) is 0 Å². The van der Waals surface area contributed by atoms with Gasteiger partial charge in [-0.15, -0.1) is 0 Å². The molecule has 0 bridgehead atoms. The van der Waals surface area contributed by atoms with Gasteiger partial charge < -0.3 is 10.1 Å². The van der Waals surface area contributed by atoms with Gasteiger partial charge in [-0.25, -0.2) is 18.0 Å². The van der Waals surface area contributed by atoms with Crippen LogP contribution in [0.15, 0.2) is 18.2 Å². The highest BCUT2D eigenvalue weighted by Crippen LogP contribution is 2.34. The number of hydrogen-bond donors (Lipinski definition) is 2. The largest absolute Gasteiger partial charge is 0.452 e. The number of anilines is 1. The number of benzene rings is 1. The second kappa shape index (κ2) is 8.38.